The highest BCUT2D eigenvalue weighted by Gasteiger charge is 2.23. The molecule has 0 radical (unpaired) electrons. The first-order valence-electron chi connectivity index (χ1n) is 8.87. The Balaban J connectivity index is 2.09. The van der Waals surface area contributed by atoms with Gasteiger partial charge in [-0.25, -0.2) is 13.8 Å². The second-order valence-corrected chi connectivity index (χ2v) is 8.33. The summed E-state index contributed by atoms with van der Waals surface area (Å²) in [6.07, 6.45) is 8.59. The predicted molar refractivity (Wildman–Crippen MR) is 103 cm³/mol. The maximum Gasteiger partial charge on any atom is 0.260 e. The SMILES string of the molecule is COc1ccccc1N(CC(=O)NN=C1CCCCCCC1)S(C)(=O)=O. The summed E-state index contributed by atoms with van der Waals surface area (Å²) >= 11 is 0. The number of hydrogen-bond acceptors (Lipinski definition) is 5. The number of methoxy groups -OCH3 is 1. The molecule has 1 aliphatic rings. The molecular weight excluding hydrogens is 354 g/mol. The summed E-state index contributed by atoms with van der Waals surface area (Å²) < 4.78 is 30.6. The number of nitrogens with one attached hydrogen (secondary N) is 1. The highest BCUT2D eigenvalue weighted by Crippen LogP contribution is 2.29. The normalized spacial score (nSPS) is 15.5. The molecule has 7 nitrogen and oxygen atoms in total. The van der Waals surface area contributed by atoms with Gasteiger partial charge in [-0.15, -0.1) is 0 Å². The highest BCUT2D eigenvalue weighted by molar-refractivity contribution is 7.92. The van der Waals surface area contributed by atoms with Crippen LogP contribution >= 0.6 is 0 Å². The number of rotatable bonds is 6. The van der Waals surface area contributed by atoms with Gasteiger partial charge < -0.3 is 4.74 Å². The van der Waals surface area contributed by atoms with Gasteiger partial charge in [0.2, 0.25) is 10.0 Å². The molecule has 144 valence electrons. The number of nitrogens with zero attached hydrogens (tertiary/aromatic N) is 2. The first-order chi connectivity index (χ1) is 12.4. The quantitative estimate of drug-likeness (QED) is 0.768. The Bertz CT molecular complexity index is 737. The van der Waals surface area contributed by atoms with Crippen molar-refractivity contribution in [2.24, 2.45) is 5.10 Å². The van der Waals surface area contributed by atoms with E-state index >= 15 is 0 Å². The van der Waals surface area contributed by atoms with E-state index < -0.39 is 15.9 Å². The van der Waals surface area contributed by atoms with Crippen molar-refractivity contribution < 1.29 is 17.9 Å². The molecule has 0 bridgehead atoms. The van der Waals surface area contributed by atoms with Gasteiger partial charge in [-0.3, -0.25) is 9.10 Å². The number of anilines is 1. The van der Waals surface area contributed by atoms with Crippen molar-refractivity contribution in [1.29, 1.82) is 0 Å². The zero-order chi connectivity index (χ0) is 19.0. The number of hydrogen-bond donors (Lipinski definition) is 1. The number of amides is 1. The fraction of sp³-hybridized carbons (Fsp3) is 0.556. The Kier molecular flexibility index (Phi) is 7.44. The maximum atomic E-state index is 12.3. The molecular formula is C18H27N3O4S. The lowest BCUT2D eigenvalue weighted by Gasteiger charge is -2.23. The molecule has 26 heavy (non-hydrogen) atoms. The number of para-hydroxylation sites is 2. The van der Waals surface area contributed by atoms with Gasteiger partial charge in [0.25, 0.3) is 5.91 Å². The molecule has 1 aliphatic carbocycles. The smallest absolute Gasteiger partial charge is 0.260 e. The van der Waals surface area contributed by atoms with E-state index in [1.165, 1.54) is 26.4 Å². The maximum absolute atomic E-state index is 12.3. The second-order valence-electron chi connectivity index (χ2n) is 6.42. The van der Waals surface area contributed by atoms with Crippen molar-refractivity contribution in [2.45, 2.75) is 44.9 Å². The van der Waals surface area contributed by atoms with Crippen LogP contribution in [0.25, 0.3) is 0 Å². The van der Waals surface area contributed by atoms with Crippen LogP contribution in [0.2, 0.25) is 0 Å². The minimum atomic E-state index is -3.66. The summed E-state index contributed by atoms with van der Waals surface area (Å²) in [6, 6.07) is 6.69. The van der Waals surface area contributed by atoms with Crippen molar-refractivity contribution >= 4 is 27.3 Å². The molecule has 0 spiro atoms. The third-order valence-corrected chi connectivity index (χ3v) is 5.44. The van der Waals surface area contributed by atoms with Gasteiger partial charge in [-0.05, 0) is 37.8 Å². The molecule has 2 rings (SSSR count). The van der Waals surface area contributed by atoms with Gasteiger partial charge in [0.1, 0.15) is 12.3 Å². The molecule has 0 unspecified atom stereocenters. The third-order valence-electron chi connectivity index (χ3n) is 4.31. The summed E-state index contributed by atoms with van der Waals surface area (Å²) in [5, 5.41) is 4.22. The topological polar surface area (TPSA) is 88.1 Å². The molecule has 0 heterocycles. The fourth-order valence-electron chi connectivity index (χ4n) is 2.95. The second kappa shape index (κ2) is 9.56. The lowest BCUT2D eigenvalue weighted by atomic mass is 9.99. The summed E-state index contributed by atoms with van der Waals surface area (Å²) in [5.74, 6) is -0.0899. The van der Waals surface area contributed by atoms with Crippen LogP contribution in [0.3, 0.4) is 0 Å². The van der Waals surface area contributed by atoms with Crippen LogP contribution in [0.4, 0.5) is 5.69 Å². The van der Waals surface area contributed by atoms with Gasteiger partial charge in [0.05, 0.1) is 19.1 Å². The van der Waals surface area contributed by atoms with E-state index in [-0.39, 0.29) is 6.54 Å². The van der Waals surface area contributed by atoms with Crippen LogP contribution < -0.4 is 14.5 Å². The van der Waals surface area contributed by atoms with Crippen LogP contribution in [0.1, 0.15) is 44.9 Å². The Hall–Kier alpha value is -2.09. The Morgan fingerprint density at radius 3 is 2.38 bits per heavy atom. The van der Waals surface area contributed by atoms with Crippen LogP contribution in [-0.2, 0) is 14.8 Å². The van der Waals surface area contributed by atoms with Gasteiger partial charge in [0, 0.05) is 5.71 Å². The first kappa shape index (κ1) is 20.2. The largest absolute Gasteiger partial charge is 0.495 e. The monoisotopic (exact) mass is 381 g/mol. The van der Waals surface area contributed by atoms with E-state index in [4.69, 9.17) is 4.74 Å². The fourth-order valence-corrected chi connectivity index (χ4v) is 3.81. The number of benzene rings is 1. The zero-order valence-corrected chi connectivity index (χ0v) is 16.2. The average molecular weight is 381 g/mol. The van der Waals surface area contributed by atoms with E-state index in [0.29, 0.717) is 11.4 Å². The van der Waals surface area contributed by atoms with Crippen molar-refractivity contribution in [1.82, 2.24) is 5.43 Å². The zero-order valence-electron chi connectivity index (χ0n) is 15.4. The van der Waals surface area contributed by atoms with Crippen LogP contribution in [0.5, 0.6) is 5.75 Å². The standard InChI is InChI=1S/C18H27N3O4S/c1-25-17-13-9-8-12-16(17)21(26(2,23)24)14-18(22)20-19-15-10-6-4-3-5-7-11-15/h8-9,12-13H,3-7,10-11,14H2,1-2H3,(H,20,22). The molecule has 1 amide bonds. The van der Waals surface area contributed by atoms with E-state index in [1.807, 2.05) is 0 Å². The number of hydrazone groups is 1. The van der Waals surface area contributed by atoms with Gasteiger partial charge in [-0.2, -0.15) is 5.10 Å². The average Bonchev–Trinajstić information content (AvgIpc) is 2.57. The lowest BCUT2D eigenvalue weighted by Crippen LogP contribution is -2.39. The number of ether oxygens (including phenoxy) is 1. The van der Waals surface area contributed by atoms with Crippen molar-refractivity contribution in [3.8, 4) is 5.75 Å². The number of sulfonamides is 1. The summed E-state index contributed by atoms with van der Waals surface area (Å²) in [6.45, 7) is -0.351. The Labute approximate surface area is 155 Å². The molecule has 1 fully saturated rings. The molecule has 1 saturated carbocycles. The molecule has 1 aromatic rings. The molecule has 0 aliphatic heterocycles. The van der Waals surface area contributed by atoms with Crippen LogP contribution in [0, 0.1) is 0 Å². The highest BCUT2D eigenvalue weighted by atomic mass is 32.2. The molecule has 1 aromatic carbocycles. The molecule has 0 saturated heterocycles. The van der Waals surface area contributed by atoms with Gasteiger partial charge in [-0.1, -0.05) is 31.4 Å². The van der Waals surface area contributed by atoms with Crippen LogP contribution in [-0.4, -0.2) is 39.9 Å². The first-order valence-corrected chi connectivity index (χ1v) is 10.7. The van der Waals surface area contributed by atoms with Gasteiger partial charge >= 0.3 is 0 Å². The minimum absolute atomic E-state index is 0.325. The predicted octanol–water partition coefficient (Wildman–Crippen LogP) is 2.68. The molecule has 0 atom stereocenters. The Morgan fingerprint density at radius 2 is 1.77 bits per heavy atom. The van der Waals surface area contributed by atoms with E-state index in [0.717, 1.165) is 42.0 Å². The van der Waals surface area contributed by atoms with Crippen LogP contribution in [0.15, 0.2) is 29.4 Å². The van der Waals surface area contributed by atoms with E-state index in [2.05, 4.69) is 10.5 Å². The number of carbonyl (C=O) groups excluding carboxylic acids is 1. The van der Waals surface area contributed by atoms with E-state index in [9.17, 15) is 13.2 Å². The Morgan fingerprint density at radius 1 is 1.15 bits per heavy atom. The molecule has 1 N–H and O–H groups in total. The number of carbonyl (C=O) groups is 1. The lowest BCUT2D eigenvalue weighted by molar-refractivity contribution is -0.119. The van der Waals surface area contributed by atoms with Crippen molar-refractivity contribution in [3.63, 3.8) is 0 Å². The minimum Gasteiger partial charge on any atom is -0.495 e. The summed E-state index contributed by atoms with van der Waals surface area (Å²) in [5.41, 5.74) is 3.81. The van der Waals surface area contributed by atoms with E-state index in [1.54, 1.807) is 24.3 Å². The summed E-state index contributed by atoms with van der Waals surface area (Å²) in [4.78, 5) is 12.3. The van der Waals surface area contributed by atoms with Gasteiger partial charge in [0.15, 0.2) is 0 Å². The molecule has 0 aromatic heterocycles. The molecule has 8 heteroatoms. The van der Waals surface area contributed by atoms with Crippen molar-refractivity contribution in [3.05, 3.63) is 24.3 Å². The van der Waals surface area contributed by atoms with Crippen molar-refractivity contribution in [2.75, 3.05) is 24.2 Å². The third kappa shape index (κ3) is 6.01. The summed E-state index contributed by atoms with van der Waals surface area (Å²) in [7, 11) is -2.20.